The van der Waals surface area contributed by atoms with Crippen molar-refractivity contribution < 1.29 is 9.53 Å². The average Bonchev–Trinajstić information content (AvgIpc) is 2.65. The van der Waals surface area contributed by atoms with Gasteiger partial charge in [-0.1, -0.05) is 29.3 Å². The van der Waals surface area contributed by atoms with Crippen molar-refractivity contribution in [2.24, 2.45) is 0 Å². The molecule has 2 aromatic carbocycles. The van der Waals surface area contributed by atoms with Gasteiger partial charge in [0.1, 0.15) is 0 Å². The molecule has 140 valence electrons. The molecule has 0 aliphatic carbocycles. The normalized spacial score (nSPS) is 10.9. The van der Waals surface area contributed by atoms with Crippen molar-refractivity contribution in [3.63, 3.8) is 0 Å². The molecule has 0 unspecified atom stereocenters. The van der Waals surface area contributed by atoms with Gasteiger partial charge in [-0.2, -0.15) is 0 Å². The number of carbonyl (C=O) groups is 1. The van der Waals surface area contributed by atoms with E-state index in [2.05, 4.69) is 4.98 Å². The maximum atomic E-state index is 12.9. The molecule has 0 saturated heterocycles. The first-order chi connectivity index (χ1) is 13.0. The van der Waals surface area contributed by atoms with Crippen LogP contribution in [0.4, 0.5) is 0 Å². The molecule has 0 radical (unpaired) electrons. The van der Waals surface area contributed by atoms with E-state index in [9.17, 15) is 9.59 Å². The van der Waals surface area contributed by atoms with E-state index in [1.54, 1.807) is 36.3 Å². The van der Waals surface area contributed by atoms with E-state index in [0.29, 0.717) is 29.3 Å². The van der Waals surface area contributed by atoms with Crippen molar-refractivity contribution in [3.8, 4) is 0 Å². The Morgan fingerprint density at radius 2 is 2.00 bits per heavy atom. The summed E-state index contributed by atoms with van der Waals surface area (Å²) in [6.07, 6.45) is 0. The fraction of sp³-hybridized carbons (Fsp3) is 0.238. The number of aryl methyl sites for hydroxylation is 1. The molecule has 0 spiro atoms. The van der Waals surface area contributed by atoms with Crippen LogP contribution in [0.5, 0.6) is 0 Å². The van der Waals surface area contributed by atoms with Gasteiger partial charge in [0, 0.05) is 35.3 Å². The standard InChI is InChI=1S/C21H21ClN2O3/c1-14-6-7-19-16(10-14)11-17(20(25)23-19)13-24(8-9-27-2)21(26)15-4-3-5-18(22)12-15/h3-7,10-12H,8-9,13H2,1-2H3,(H,23,25). The lowest BCUT2D eigenvalue weighted by Gasteiger charge is -2.22. The second-order valence-electron chi connectivity index (χ2n) is 6.44. The van der Waals surface area contributed by atoms with Gasteiger partial charge in [0.25, 0.3) is 11.5 Å². The lowest BCUT2D eigenvalue weighted by Crippen LogP contribution is -2.35. The van der Waals surface area contributed by atoms with Crippen molar-refractivity contribution >= 4 is 28.4 Å². The molecule has 3 rings (SSSR count). The molecule has 0 aliphatic heterocycles. The number of hydrogen-bond acceptors (Lipinski definition) is 3. The minimum atomic E-state index is -0.201. The molecule has 6 heteroatoms. The lowest BCUT2D eigenvalue weighted by molar-refractivity contribution is 0.0680. The van der Waals surface area contributed by atoms with Crippen LogP contribution in [0.1, 0.15) is 21.5 Å². The molecule has 1 heterocycles. The summed E-state index contributed by atoms with van der Waals surface area (Å²) in [5, 5.41) is 1.43. The fourth-order valence-electron chi connectivity index (χ4n) is 2.95. The number of methoxy groups -OCH3 is 1. The highest BCUT2D eigenvalue weighted by Gasteiger charge is 2.18. The first kappa shape index (κ1) is 19.1. The molecule has 0 atom stereocenters. The summed E-state index contributed by atoms with van der Waals surface area (Å²) in [6.45, 7) is 2.93. The van der Waals surface area contributed by atoms with E-state index >= 15 is 0 Å². The number of fused-ring (bicyclic) bond motifs is 1. The number of halogens is 1. The predicted molar refractivity (Wildman–Crippen MR) is 107 cm³/mol. The van der Waals surface area contributed by atoms with E-state index in [4.69, 9.17) is 16.3 Å². The number of carbonyl (C=O) groups excluding carboxylic acids is 1. The number of nitrogens with one attached hydrogen (secondary N) is 1. The van der Waals surface area contributed by atoms with Gasteiger partial charge in [-0.15, -0.1) is 0 Å². The molecule has 27 heavy (non-hydrogen) atoms. The van der Waals surface area contributed by atoms with Gasteiger partial charge < -0.3 is 14.6 Å². The summed E-state index contributed by atoms with van der Waals surface area (Å²) in [7, 11) is 1.58. The van der Waals surface area contributed by atoms with Crippen molar-refractivity contribution in [3.05, 3.63) is 80.6 Å². The Hall–Kier alpha value is -2.63. The zero-order valence-electron chi connectivity index (χ0n) is 15.3. The molecule has 1 amide bonds. The second-order valence-corrected chi connectivity index (χ2v) is 6.88. The quantitative estimate of drug-likeness (QED) is 0.703. The smallest absolute Gasteiger partial charge is 0.254 e. The molecular weight excluding hydrogens is 364 g/mol. The molecule has 1 N–H and O–H groups in total. The van der Waals surface area contributed by atoms with Gasteiger partial charge in [-0.25, -0.2) is 0 Å². The van der Waals surface area contributed by atoms with Crippen LogP contribution >= 0.6 is 11.6 Å². The highest BCUT2D eigenvalue weighted by Crippen LogP contribution is 2.17. The number of nitrogens with zero attached hydrogens (tertiary/aromatic N) is 1. The fourth-order valence-corrected chi connectivity index (χ4v) is 3.14. The third-order valence-electron chi connectivity index (χ3n) is 4.36. The van der Waals surface area contributed by atoms with Crippen LogP contribution in [0, 0.1) is 6.92 Å². The number of aromatic amines is 1. The lowest BCUT2D eigenvalue weighted by atomic mass is 10.1. The van der Waals surface area contributed by atoms with E-state index in [-0.39, 0.29) is 18.0 Å². The van der Waals surface area contributed by atoms with Gasteiger partial charge in [0.05, 0.1) is 13.2 Å². The van der Waals surface area contributed by atoms with Gasteiger partial charge in [-0.05, 0) is 48.7 Å². The van der Waals surface area contributed by atoms with Gasteiger partial charge in [0.2, 0.25) is 0 Å². The van der Waals surface area contributed by atoms with Crippen LogP contribution in [0.15, 0.2) is 53.3 Å². The van der Waals surface area contributed by atoms with Crippen molar-refractivity contribution in [1.29, 1.82) is 0 Å². The van der Waals surface area contributed by atoms with Crippen LogP contribution in [0.3, 0.4) is 0 Å². The van der Waals surface area contributed by atoms with Crippen LogP contribution < -0.4 is 5.56 Å². The molecule has 0 aliphatic rings. The van der Waals surface area contributed by atoms with Gasteiger partial charge in [-0.3, -0.25) is 9.59 Å². The predicted octanol–water partition coefficient (Wildman–Crippen LogP) is 3.78. The van der Waals surface area contributed by atoms with Crippen LogP contribution in [0.2, 0.25) is 5.02 Å². The first-order valence-electron chi connectivity index (χ1n) is 8.64. The molecular formula is C21H21ClN2O3. The van der Waals surface area contributed by atoms with Gasteiger partial charge >= 0.3 is 0 Å². The number of rotatable bonds is 6. The Bertz CT molecular complexity index is 1030. The third-order valence-corrected chi connectivity index (χ3v) is 4.60. The number of H-pyrrole nitrogens is 1. The van der Waals surface area contributed by atoms with Crippen molar-refractivity contribution in [2.45, 2.75) is 13.5 Å². The zero-order valence-corrected chi connectivity index (χ0v) is 16.0. The summed E-state index contributed by atoms with van der Waals surface area (Å²) in [4.78, 5) is 29.9. The molecule has 3 aromatic rings. The Morgan fingerprint density at radius 1 is 1.19 bits per heavy atom. The maximum Gasteiger partial charge on any atom is 0.254 e. The summed E-state index contributed by atoms with van der Waals surface area (Å²) >= 11 is 6.01. The number of pyridine rings is 1. The summed E-state index contributed by atoms with van der Waals surface area (Å²) in [5.74, 6) is -0.196. The Balaban J connectivity index is 1.94. The maximum absolute atomic E-state index is 12.9. The SMILES string of the molecule is COCCN(Cc1cc2cc(C)ccc2[nH]c1=O)C(=O)c1cccc(Cl)c1. The average molecular weight is 385 g/mol. The first-order valence-corrected chi connectivity index (χ1v) is 9.02. The Kier molecular flexibility index (Phi) is 5.94. The van der Waals surface area contributed by atoms with E-state index < -0.39 is 0 Å². The topological polar surface area (TPSA) is 62.4 Å². The highest BCUT2D eigenvalue weighted by molar-refractivity contribution is 6.30. The van der Waals surface area contributed by atoms with E-state index in [0.717, 1.165) is 16.5 Å². The minimum absolute atomic E-state index is 0.188. The monoisotopic (exact) mass is 384 g/mol. The molecule has 1 aromatic heterocycles. The van der Waals surface area contributed by atoms with Crippen LogP contribution in [-0.4, -0.2) is 36.1 Å². The Morgan fingerprint density at radius 3 is 2.74 bits per heavy atom. The van der Waals surface area contributed by atoms with Gasteiger partial charge in [0.15, 0.2) is 0 Å². The minimum Gasteiger partial charge on any atom is -0.383 e. The third kappa shape index (κ3) is 4.56. The van der Waals surface area contributed by atoms with Crippen molar-refractivity contribution in [1.82, 2.24) is 9.88 Å². The van der Waals surface area contributed by atoms with E-state index in [1.165, 1.54) is 0 Å². The second kappa shape index (κ2) is 8.37. The number of amides is 1. The largest absolute Gasteiger partial charge is 0.383 e. The number of aromatic nitrogens is 1. The number of ether oxygens (including phenoxy) is 1. The van der Waals surface area contributed by atoms with Crippen molar-refractivity contribution in [2.75, 3.05) is 20.3 Å². The summed E-state index contributed by atoms with van der Waals surface area (Å²) < 4.78 is 5.13. The van der Waals surface area contributed by atoms with E-state index in [1.807, 2.05) is 31.2 Å². The number of benzene rings is 2. The molecule has 5 nitrogen and oxygen atoms in total. The summed E-state index contributed by atoms with van der Waals surface area (Å²) in [6, 6.07) is 14.5. The van der Waals surface area contributed by atoms with Crippen LogP contribution in [-0.2, 0) is 11.3 Å². The highest BCUT2D eigenvalue weighted by atomic mass is 35.5. The molecule has 0 fully saturated rings. The Labute approximate surface area is 162 Å². The zero-order chi connectivity index (χ0) is 19.4. The molecule has 0 bridgehead atoms. The van der Waals surface area contributed by atoms with Crippen LogP contribution in [0.25, 0.3) is 10.9 Å². The number of hydrogen-bond donors (Lipinski definition) is 1. The molecule has 0 saturated carbocycles. The summed E-state index contributed by atoms with van der Waals surface area (Å²) in [5.41, 5.74) is 2.68.